The molecule has 0 aliphatic carbocycles. The van der Waals surface area contributed by atoms with Gasteiger partial charge in [-0.3, -0.25) is 4.90 Å². The van der Waals surface area contributed by atoms with Crippen LogP contribution in [-0.2, 0) is 17.8 Å². The Labute approximate surface area is 128 Å². The van der Waals surface area contributed by atoms with E-state index in [2.05, 4.69) is 37.1 Å². The first-order valence-electron chi connectivity index (χ1n) is 8.11. The van der Waals surface area contributed by atoms with E-state index in [0.717, 1.165) is 37.8 Å². The maximum Gasteiger partial charge on any atom is 0.118 e. The molecular weight excluding hydrogens is 264 g/mol. The molecule has 1 aliphatic heterocycles. The summed E-state index contributed by atoms with van der Waals surface area (Å²) in [5.74, 6) is 2.78. The van der Waals surface area contributed by atoms with Gasteiger partial charge in [-0.2, -0.15) is 0 Å². The molecule has 1 atom stereocenters. The van der Waals surface area contributed by atoms with Crippen LogP contribution in [0.1, 0.15) is 43.8 Å². The van der Waals surface area contributed by atoms with Crippen LogP contribution in [0.5, 0.6) is 0 Å². The highest BCUT2D eigenvalue weighted by atomic mass is 16.5. The Morgan fingerprint density at radius 2 is 2.29 bits per heavy atom. The van der Waals surface area contributed by atoms with Gasteiger partial charge in [-0.25, -0.2) is 0 Å². The van der Waals surface area contributed by atoms with E-state index < -0.39 is 0 Å². The van der Waals surface area contributed by atoms with Crippen LogP contribution in [0.2, 0.25) is 0 Å². The second kappa shape index (κ2) is 7.97. The lowest BCUT2D eigenvalue weighted by Gasteiger charge is -2.32. The normalized spacial score (nSPS) is 20.3. The average molecular weight is 294 g/mol. The quantitative estimate of drug-likeness (QED) is 0.839. The molecule has 21 heavy (non-hydrogen) atoms. The first-order valence-corrected chi connectivity index (χ1v) is 8.11. The molecule has 0 spiro atoms. The molecule has 0 bridgehead atoms. The Morgan fingerprint density at radius 1 is 1.48 bits per heavy atom. The minimum absolute atomic E-state index is 0.482. The molecule has 2 rings (SSSR count). The lowest BCUT2D eigenvalue weighted by atomic mass is 9.98. The molecule has 120 valence electrons. The van der Waals surface area contributed by atoms with Crippen molar-refractivity contribution in [2.75, 3.05) is 26.8 Å². The van der Waals surface area contributed by atoms with Crippen LogP contribution in [0, 0.1) is 12.8 Å². The lowest BCUT2D eigenvalue weighted by molar-refractivity contribution is 0.0872. The van der Waals surface area contributed by atoms with Crippen LogP contribution >= 0.6 is 0 Å². The van der Waals surface area contributed by atoms with Gasteiger partial charge in [0.15, 0.2) is 0 Å². The summed E-state index contributed by atoms with van der Waals surface area (Å²) in [5.41, 5.74) is 1.33. The highest BCUT2D eigenvalue weighted by Crippen LogP contribution is 2.22. The van der Waals surface area contributed by atoms with E-state index in [9.17, 15) is 0 Å². The lowest BCUT2D eigenvalue weighted by Crippen LogP contribution is -2.36. The fourth-order valence-electron chi connectivity index (χ4n) is 3.04. The zero-order valence-corrected chi connectivity index (χ0v) is 13.9. The number of ether oxygens (including phenoxy) is 1. The van der Waals surface area contributed by atoms with Crippen LogP contribution in [-0.4, -0.2) is 37.7 Å². The monoisotopic (exact) mass is 294 g/mol. The highest BCUT2D eigenvalue weighted by Gasteiger charge is 2.21. The van der Waals surface area contributed by atoms with Gasteiger partial charge in [-0.05, 0) is 38.3 Å². The van der Waals surface area contributed by atoms with Crippen molar-refractivity contribution in [1.29, 1.82) is 0 Å². The minimum Gasteiger partial charge on any atom is -0.465 e. The maximum atomic E-state index is 5.87. The van der Waals surface area contributed by atoms with Crippen molar-refractivity contribution in [1.82, 2.24) is 10.2 Å². The Balaban J connectivity index is 1.89. The Kier molecular flexibility index (Phi) is 6.27. The number of methoxy groups -OCH3 is 1. The van der Waals surface area contributed by atoms with Gasteiger partial charge in [0.2, 0.25) is 0 Å². The molecule has 1 unspecified atom stereocenters. The van der Waals surface area contributed by atoms with Gasteiger partial charge in [-0.15, -0.1) is 0 Å². The number of nitrogens with one attached hydrogen (secondary N) is 1. The molecule has 0 saturated carbocycles. The van der Waals surface area contributed by atoms with Gasteiger partial charge >= 0.3 is 0 Å². The van der Waals surface area contributed by atoms with Crippen LogP contribution in [0.3, 0.4) is 0 Å². The molecule has 0 radical (unpaired) electrons. The molecule has 1 aromatic rings. The number of hydrogen-bond donors (Lipinski definition) is 1. The van der Waals surface area contributed by atoms with Crippen LogP contribution < -0.4 is 5.32 Å². The van der Waals surface area contributed by atoms with Crippen molar-refractivity contribution in [3.8, 4) is 0 Å². The average Bonchev–Trinajstić information content (AvgIpc) is 2.78. The van der Waals surface area contributed by atoms with E-state index in [0.29, 0.717) is 12.0 Å². The summed E-state index contributed by atoms with van der Waals surface area (Å²) in [5, 5.41) is 3.41. The molecule has 4 nitrogen and oxygen atoms in total. The summed E-state index contributed by atoms with van der Waals surface area (Å²) >= 11 is 0. The predicted molar refractivity (Wildman–Crippen MR) is 85.3 cm³/mol. The summed E-state index contributed by atoms with van der Waals surface area (Å²) in [6, 6.07) is 2.70. The van der Waals surface area contributed by atoms with Crippen LogP contribution in [0.25, 0.3) is 0 Å². The molecule has 1 aliphatic rings. The van der Waals surface area contributed by atoms with Crippen LogP contribution in [0.15, 0.2) is 10.5 Å². The molecule has 1 fully saturated rings. The highest BCUT2D eigenvalue weighted by molar-refractivity contribution is 5.21. The minimum atomic E-state index is 0.482. The van der Waals surface area contributed by atoms with Crippen molar-refractivity contribution < 1.29 is 9.15 Å². The van der Waals surface area contributed by atoms with Gasteiger partial charge in [-0.1, -0.05) is 13.8 Å². The molecule has 0 aromatic carbocycles. The van der Waals surface area contributed by atoms with E-state index in [4.69, 9.17) is 9.15 Å². The Morgan fingerprint density at radius 3 is 3.00 bits per heavy atom. The molecule has 1 aromatic heterocycles. The summed E-state index contributed by atoms with van der Waals surface area (Å²) in [7, 11) is 1.80. The van der Waals surface area contributed by atoms with Crippen molar-refractivity contribution in [2.45, 2.75) is 52.7 Å². The largest absolute Gasteiger partial charge is 0.465 e. The third-order valence-electron chi connectivity index (χ3n) is 4.16. The van der Waals surface area contributed by atoms with Crippen molar-refractivity contribution >= 4 is 0 Å². The van der Waals surface area contributed by atoms with E-state index in [1.54, 1.807) is 7.11 Å². The molecule has 1 N–H and O–H groups in total. The smallest absolute Gasteiger partial charge is 0.118 e. The summed E-state index contributed by atoms with van der Waals surface area (Å²) in [4.78, 5) is 2.53. The molecule has 0 amide bonds. The Bertz CT molecular complexity index is 426. The van der Waals surface area contributed by atoms with E-state index in [1.807, 2.05) is 0 Å². The number of rotatable bonds is 7. The number of likely N-dealkylation sites (tertiary alicyclic amines) is 1. The van der Waals surface area contributed by atoms with Gasteiger partial charge in [0.05, 0.1) is 13.2 Å². The zero-order chi connectivity index (χ0) is 15.2. The number of nitrogens with zero attached hydrogens (tertiary/aromatic N) is 1. The van der Waals surface area contributed by atoms with Crippen LogP contribution in [0.4, 0.5) is 0 Å². The SMILES string of the molecule is COCC1CCCN(Cc2cc(CNC(C)C)oc2C)C1. The van der Waals surface area contributed by atoms with Gasteiger partial charge < -0.3 is 14.5 Å². The van der Waals surface area contributed by atoms with Crippen molar-refractivity contribution in [3.63, 3.8) is 0 Å². The number of hydrogen-bond acceptors (Lipinski definition) is 4. The second-order valence-electron chi connectivity index (χ2n) is 6.53. The number of aryl methyl sites for hydroxylation is 1. The fourth-order valence-corrected chi connectivity index (χ4v) is 3.04. The van der Waals surface area contributed by atoms with Gasteiger partial charge in [0.25, 0.3) is 0 Å². The topological polar surface area (TPSA) is 37.6 Å². The number of furan rings is 1. The number of piperidine rings is 1. The van der Waals surface area contributed by atoms with Gasteiger partial charge in [0, 0.05) is 31.8 Å². The maximum absolute atomic E-state index is 5.87. The van der Waals surface area contributed by atoms with Crippen molar-refractivity contribution in [3.05, 3.63) is 23.2 Å². The summed E-state index contributed by atoms with van der Waals surface area (Å²) < 4.78 is 11.2. The van der Waals surface area contributed by atoms with E-state index in [-0.39, 0.29) is 0 Å². The summed E-state index contributed by atoms with van der Waals surface area (Å²) in [6.45, 7) is 11.4. The molecule has 2 heterocycles. The predicted octanol–water partition coefficient (Wildman–Crippen LogP) is 2.94. The van der Waals surface area contributed by atoms with Crippen molar-refractivity contribution in [2.24, 2.45) is 5.92 Å². The second-order valence-corrected chi connectivity index (χ2v) is 6.53. The fraction of sp³-hybridized carbons (Fsp3) is 0.765. The van der Waals surface area contributed by atoms with Gasteiger partial charge in [0.1, 0.15) is 11.5 Å². The standard InChI is InChI=1S/C17H30N2O2/c1-13(2)18-9-17-8-16(14(3)21-17)11-19-7-5-6-15(10-19)12-20-4/h8,13,15,18H,5-7,9-12H2,1-4H3. The Hall–Kier alpha value is -0.840. The first kappa shape index (κ1) is 16.5. The zero-order valence-electron chi connectivity index (χ0n) is 13.9. The third-order valence-corrected chi connectivity index (χ3v) is 4.16. The third kappa shape index (κ3) is 5.13. The summed E-state index contributed by atoms with van der Waals surface area (Å²) in [6.07, 6.45) is 2.56. The molecule has 4 heteroatoms. The van der Waals surface area contributed by atoms with E-state index in [1.165, 1.54) is 24.9 Å². The first-order chi connectivity index (χ1) is 10.1. The molecule has 1 saturated heterocycles. The molecular formula is C17H30N2O2. The van der Waals surface area contributed by atoms with E-state index >= 15 is 0 Å².